The molecular weight excluding hydrogens is 288 g/mol. The molecule has 0 saturated carbocycles. The fourth-order valence-electron chi connectivity index (χ4n) is 1.70. The van der Waals surface area contributed by atoms with Gasteiger partial charge in [0.1, 0.15) is 5.75 Å². The van der Waals surface area contributed by atoms with E-state index in [2.05, 4.69) is 5.32 Å². The van der Waals surface area contributed by atoms with Crippen molar-refractivity contribution >= 4 is 17.7 Å². The van der Waals surface area contributed by atoms with Gasteiger partial charge >= 0.3 is 12.0 Å². The molecule has 0 aliphatic heterocycles. The fraction of sp³-hybridized carbons (Fsp3) is 0.467. The van der Waals surface area contributed by atoms with Crippen molar-refractivity contribution in [3.8, 4) is 5.75 Å². The van der Waals surface area contributed by atoms with E-state index in [1.807, 2.05) is 0 Å². The number of likely N-dealkylation sites (N-methyl/N-ethyl adjacent to an activating group) is 1. The highest BCUT2D eigenvalue weighted by Crippen LogP contribution is 2.20. The maximum Gasteiger partial charge on any atom is 0.359 e. The van der Waals surface area contributed by atoms with Crippen LogP contribution in [0.4, 0.5) is 10.5 Å². The van der Waals surface area contributed by atoms with Crippen LogP contribution in [-0.2, 0) is 14.3 Å². The van der Waals surface area contributed by atoms with Crippen LogP contribution in [0.25, 0.3) is 0 Å². The van der Waals surface area contributed by atoms with Gasteiger partial charge in [0.25, 0.3) is 0 Å². The summed E-state index contributed by atoms with van der Waals surface area (Å²) in [4.78, 5) is 25.4. The third-order valence-electron chi connectivity index (χ3n) is 3.34. The second-order valence-corrected chi connectivity index (χ2v) is 4.63. The summed E-state index contributed by atoms with van der Waals surface area (Å²) in [6, 6.07) is 6.33. The van der Waals surface area contributed by atoms with Crippen LogP contribution in [0.15, 0.2) is 24.3 Å². The minimum Gasteiger partial charge on any atom is -0.497 e. The van der Waals surface area contributed by atoms with Crippen LogP contribution in [0.2, 0.25) is 0 Å². The summed E-state index contributed by atoms with van der Waals surface area (Å²) < 4.78 is 15.2. The minimum atomic E-state index is -1.51. The second kappa shape index (κ2) is 7.65. The van der Waals surface area contributed by atoms with Gasteiger partial charge in [-0.1, -0.05) is 0 Å². The van der Waals surface area contributed by atoms with Crippen molar-refractivity contribution in [1.29, 1.82) is 0 Å². The number of nitrogens with one attached hydrogen (secondary N) is 1. The number of anilines is 1. The Balaban J connectivity index is 2.83. The number of carbonyl (C=O) groups is 2. The smallest absolute Gasteiger partial charge is 0.359 e. The van der Waals surface area contributed by atoms with Gasteiger partial charge in [-0.2, -0.15) is 0 Å². The summed E-state index contributed by atoms with van der Waals surface area (Å²) in [5.74, 6) is 0.0458. The number of ether oxygens (including phenoxy) is 3. The van der Waals surface area contributed by atoms with Gasteiger partial charge in [-0.25, -0.2) is 9.59 Å². The predicted octanol–water partition coefficient (Wildman–Crippen LogP) is 2.08. The average Bonchev–Trinajstić information content (AvgIpc) is 2.54. The third-order valence-corrected chi connectivity index (χ3v) is 3.34. The van der Waals surface area contributed by atoms with Crippen molar-refractivity contribution in [1.82, 2.24) is 4.90 Å². The first-order valence-electron chi connectivity index (χ1n) is 6.80. The maximum absolute atomic E-state index is 12.3. The van der Waals surface area contributed by atoms with Gasteiger partial charge in [-0.05, 0) is 38.1 Å². The Hall–Kier alpha value is -2.28. The summed E-state index contributed by atoms with van der Waals surface area (Å²) in [6.45, 7) is 3.36. The number of rotatable bonds is 6. The molecule has 0 aliphatic carbocycles. The molecule has 7 nitrogen and oxygen atoms in total. The summed E-state index contributed by atoms with van der Waals surface area (Å²) in [6.07, 6.45) is 0. The van der Waals surface area contributed by atoms with Crippen LogP contribution < -0.4 is 10.1 Å². The van der Waals surface area contributed by atoms with E-state index in [0.717, 1.165) is 4.90 Å². The molecule has 1 unspecified atom stereocenters. The molecule has 22 heavy (non-hydrogen) atoms. The Morgan fingerprint density at radius 2 is 1.82 bits per heavy atom. The summed E-state index contributed by atoms with van der Waals surface area (Å²) in [5.41, 5.74) is -0.938. The first-order chi connectivity index (χ1) is 10.4. The lowest BCUT2D eigenvalue weighted by molar-refractivity contribution is -0.182. The van der Waals surface area contributed by atoms with Gasteiger partial charge in [0.05, 0.1) is 13.7 Å². The van der Waals surface area contributed by atoms with Crippen LogP contribution in [0, 0.1) is 0 Å². The second-order valence-electron chi connectivity index (χ2n) is 4.63. The monoisotopic (exact) mass is 310 g/mol. The standard InChI is InChI=1S/C15H22N2O5/c1-6-22-13(18)15(2,21-5)17(3)14(19)16-11-7-9-12(20-4)10-8-11/h7-10H,6H2,1-5H3,(H,16,19). The van der Waals surface area contributed by atoms with Crippen LogP contribution in [0.5, 0.6) is 5.75 Å². The molecule has 1 rings (SSSR count). The summed E-state index contributed by atoms with van der Waals surface area (Å²) >= 11 is 0. The number of benzene rings is 1. The quantitative estimate of drug-likeness (QED) is 0.643. The number of carbonyl (C=O) groups excluding carboxylic acids is 2. The van der Waals surface area contributed by atoms with Crippen molar-refractivity contribution in [3.63, 3.8) is 0 Å². The molecule has 122 valence electrons. The number of urea groups is 1. The third kappa shape index (κ3) is 3.88. The van der Waals surface area contributed by atoms with E-state index in [9.17, 15) is 9.59 Å². The van der Waals surface area contributed by atoms with Gasteiger partial charge in [0.2, 0.25) is 5.72 Å². The average molecular weight is 310 g/mol. The van der Waals surface area contributed by atoms with Gasteiger partial charge in [0.15, 0.2) is 0 Å². The van der Waals surface area contributed by atoms with Gasteiger partial charge in [0, 0.05) is 19.8 Å². The molecule has 1 aromatic rings. The molecule has 1 N–H and O–H groups in total. The summed E-state index contributed by atoms with van der Waals surface area (Å²) in [7, 11) is 4.36. The molecule has 7 heteroatoms. The topological polar surface area (TPSA) is 77.1 Å². The highest BCUT2D eigenvalue weighted by atomic mass is 16.6. The normalized spacial score (nSPS) is 13.0. The lowest BCUT2D eigenvalue weighted by Gasteiger charge is -2.34. The van der Waals surface area contributed by atoms with Crippen molar-refractivity contribution in [2.75, 3.05) is 33.2 Å². The zero-order chi connectivity index (χ0) is 16.8. The molecule has 0 heterocycles. The lowest BCUT2D eigenvalue weighted by Crippen LogP contribution is -2.56. The molecule has 0 spiro atoms. The first kappa shape index (κ1) is 17.8. The molecule has 0 aromatic heterocycles. The number of methoxy groups -OCH3 is 2. The van der Waals surface area contributed by atoms with E-state index in [1.54, 1.807) is 38.3 Å². The van der Waals surface area contributed by atoms with E-state index < -0.39 is 17.7 Å². The number of esters is 1. The highest BCUT2D eigenvalue weighted by molar-refractivity contribution is 5.93. The van der Waals surface area contributed by atoms with Gasteiger partial charge in [-0.15, -0.1) is 0 Å². The Morgan fingerprint density at radius 1 is 1.23 bits per heavy atom. The molecule has 0 radical (unpaired) electrons. The molecule has 1 atom stereocenters. The maximum atomic E-state index is 12.3. The van der Waals surface area contributed by atoms with Crippen molar-refractivity contribution in [3.05, 3.63) is 24.3 Å². The van der Waals surface area contributed by atoms with Gasteiger partial charge < -0.3 is 19.5 Å². The molecule has 0 saturated heterocycles. The predicted molar refractivity (Wildman–Crippen MR) is 81.8 cm³/mol. The molecule has 2 amide bonds. The highest BCUT2D eigenvalue weighted by Gasteiger charge is 2.42. The van der Waals surface area contributed by atoms with Crippen LogP contribution in [0.3, 0.4) is 0 Å². The minimum absolute atomic E-state index is 0.200. The Kier molecular flexibility index (Phi) is 6.18. The number of hydrogen-bond acceptors (Lipinski definition) is 5. The van der Waals surface area contributed by atoms with Crippen molar-refractivity contribution < 1.29 is 23.8 Å². The van der Waals surface area contributed by atoms with Crippen LogP contribution >= 0.6 is 0 Å². The number of nitrogens with zero attached hydrogens (tertiary/aromatic N) is 1. The molecular formula is C15H22N2O5. The fourth-order valence-corrected chi connectivity index (χ4v) is 1.70. The number of hydrogen-bond donors (Lipinski definition) is 1. The van der Waals surface area contributed by atoms with E-state index in [0.29, 0.717) is 11.4 Å². The summed E-state index contributed by atoms with van der Waals surface area (Å²) in [5, 5.41) is 2.67. The molecule has 1 aromatic carbocycles. The van der Waals surface area contributed by atoms with Crippen molar-refractivity contribution in [2.45, 2.75) is 19.6 Å². The van der Waals surface area contributed by atoms with Crippen LogP contribution in [0.1, 0.15) is 13.8 Å². The first-order valence-corrected chi connectivity index (χ1v) is 6.80. The Morgan fingerprint density at radius 3 is 2.27 bits per heavy atom. The lowest BCUT2D eigenvalue weighted by atomic mass is 10.2. The molecule has 0 fully saturated rings. The van der Waals surface area contributed by atoms with E-state index in [4.69, 9.17) is 14.2 Å². The van der Waals surface area contributed by atoms with Gasteiger partial charge in [-0.3, -0.25) is 4.90 Å². The zero-order valence-electron chi connectivity index (χ0n) is 13.5. The van der Waals surface area contributed by atoms with E-state index in [-0.39, 0.29) is 6.61 Å². The SMILES string of the molecule is CCOC(=O)C(C)(OC)N(C)C(=O)Nc1ccc(OC)cc1. The van der Waals surface area contributed by atoms with E-state index in [1.165, 1.54) is 21.1 Å². The van der Waals surface area contributed by atoms with Crippen molar-refractivity contribution in [2.24, 2.45) is 0 Å². The molecule has 0 bridgehead atoms. The van der Waals surface area contributed by atoms with E-state index >= 15 is 0 Å². The Bertz CT molecular complexity index is 517. The molecule has 0 aliphatic rings. The zero-order valence-corrected chi connectivity index (χ0v) is 13.5. The van der Waals surface area contributed by atoms with Crippen LogP contribution in [-0.4, -0.2) is 50.5 Å². The Labute approximate surface area is 130 Å². The number of amides is 2. The largest absolute Gasteiger partial charge is 0.497 e.